The fourth-order valence-corrected chi connectivity index (χ4v) is 6.31. The van der Waals surface area contributed by atoms with E-state index in [1.54, 1.807) is 5.56 Å². The molecule has 24 heavy (non-hydrogen) atoms. The van der Waals surface area contributed by atoms with Gasteiger partial charge in [-0.15, -0.1) is 0 Å². The first kappa shape index (κ1) is 14.7. The summed E-state index contributed by atoms with van der Waals surface area (Å²) >= 11 is 0. The topological polar surface area (TPSA) is 12.9 Å². The molecule has 0 atom stereocenters. The number of benzene rings is 1. The van der Waals surface area contributed by atoms with E-state index in [4.69, 9.17) is 0 Å². The third-order valence-corrected chi connectivity index (χ3v) is 7.06. The van der Waals surface area contributed by atoms with Gasteiger partial charge in [0.25, 0.3) is 0 Å². The van der Waals surface area contributed by atoms with Crippen molar-refractivity contribution < 1.29 is 0 Å². The van der Waals surface area contributed by atoms with Crippen molar-refractivity contribution in [2.75, 3.05) is 0 Å². The van der Waals surface area contributed by atoms with Crippen molar-refractivity contribution in [3.05, 3.63) is 53.7 Å². The quantitative estimate of drug-likeness (QED) is 0.699. The van der Waals surface area contributed by atoms with E-state index < -0.39 is 0 Å². The lowest BCUT2D eigenvalue weighted by molar-refractivity contribution is -0.00518. The molecule has 1 heterocycles. The van der Waals surface area contributed by atoms with Gasteiger partial charge in [0.2, 0.25) is 0 Å². The molecule has 0 aliphatic heterocycles. The van der Waals surface area contributed by atoms with Gasteiger partial charge in [0.1, 0.15) is 0 Å². The number of aromatic nitrogens is 1. The average molecular weight is 317 g/mol. The molecule has 6 rings (SSSR count). The van der Waals surface area contributed by atoms with Crippen LogP contribution in [0, 0.1) is 17.8 Å². The molecule has 4 bridgehead atoms. The summed E-state index contributed by atoms with van der Waals surface area (Å²) in [5.74, 6) is 3.04. The summed E-state index contributed by atoms with van der Waals surface area (Å²) in [5.41, 5.74) is 5.86. The second-order valence-corrected chi connectivity index (χ2v) is 8.68. The van der Waals surface area contributed by atoms with E-state index in [0.29, 0.717) is 5.41 Å². The zero-order chi connectivity index (χ0) is 16.1. The van der Waals surface area contributed by atoms with E-state index in [9.17, 15) is 0 Å². The lowest BCUT2D eigenvalue weighted by atomic mass is 9.48. The van der Waals surface area contributed by atoms with Gasteiger partial charge in [-0.1, -0.05) is 31.2 Å². The maximum atomic E-state index is 4.58. The van der Waals surface area contributed by atoms with Crippen LogP contribution in [0.1, 0.15) is 56.6 Å². The molecule has 4 aliphatic rings. The molecule has 0 N–H and O–H groups in total. The first-order valence-electron chi connectivity index (χ1n) is 9.80. The third kappa shape index (κ3) is 2.32. The van der Waals surface area contributed by atoms with Gasteiger partial charge in [-0.3, -0.25) is 4.98 Å². The van der Waals surface area contributed by atoms with E-state index in [1.165, 1.54) is 49.7 Å². The van der Waals surface area contributed by atoms with Crippen molar-refractivity contribution in [1.82, 2.24) is 4.98 Å². The van der Waals surface area contributed by atoms with Crippen LogP contribution in [0.3, 0.4) is 0 Å². The second-order valence-electron chi connectivity index (χ2n) is 8.68. The molecule has 4 aliphatic carbocycles. The summed E-state index contributed by atoms with van der Waals surface area (Å²) < 4.78 is 0. The lowest BCUT2D eigenvalue weighted by Gasteiger charge is -2.57. The number of rotatable bonds is 3. The summed E-state index contributed by atoms with van der Waals surface area (Å²) in [4.78, 5) is 4.58. The molecule has 0 spiro atoms. The van der Waals surface area contributed by atoms with Crippen molar-refractivity contribution in [2.45, 2.75) is 57.3 Å². The zero-order valence-corrected chi connectivity index (χ0v) is 14.7. The Balaban J connectivity index is 1.46. The van der Waals surface area contributed by atoms with E-state index >= 15 is 0 Å². The highest BCUT2D eigenvalue weighted by atomic mass is 14.7. The third-order valence-electron chi connectivity index (χ3n) is 7.06. The summed E-state index contributed by atoms with van der Waals surface area (Å²) in [6.07, 6.45) is 11.9. The summed E-state index contributed by atoms with van der Waals surface area (Å²) in [6.45, 7) is 2.20. The van der Waals surface area contributed by atoms with Crippen LogP contribution in [0.15, 0.2) is 42.6 Å². The first-order chi connectivity index (χ1) is 11.7. The number of hydrogen-bond acceptors (Lipinski definition) is 1. The highest BCUT2D eigenvalue weighted by Gasteiger charge is 2.51. The minimum absolute atomic E-state index is 0.506. The van der Waals surface area contributed by atoms with E-state index in [-0.39, 0.29) is 0 Å². The molecule has 0 radical (unpaired) electrons. The Morgan fingerprint density at radius 3 is 2.12 bits per heavy atom. The Labute approximate surface area is 145 Å². The van der Waals surface area contributed by atoms with Crippen LogP contribution < -0.4 is 0 Å². The van der Waals surface area contributed by atoms with Crippen LogP contribution in [-0.4, -0.2) is 4.98 Å². The average Bonchev–Trinajstić information content (AvgIpc) is 2.61. The normalized spacial score (nSPS) is 33.8. The van der Waals surface area contributed by atoms with Crippen molar-refractivity contribution >= 4 is 0 Å². The minimum Gasteiger partial charge on any atom is -0.256 e. The standard InChI is InChI=1S/C23H27N/c1-2-16-7-8-24-22(12-16)20-3-5-21(6-4-20)23-13-17-9-18(14-23)11-19(10-17)15-23/h3-8,12,17-19H,2,9-11,13-15H2,1H3. The largest absolute Gasteiger partial charge is 0.256 e. The fourth-order valence-electron chi connectivity index (χ4n) is 6.31. The van der Waals surface area contributed by atoms with Crippen LogP contribution in [0.2, 0.25) is 0 Å². The van der Waals surface area contributed by atoms with Crippen LogP contribution in [0.25, 0.3) is 11.3 Å². The maximum absolute atomic E-state index is 4.58. The second kappa shape index (κ2) is 5.44. The van der Waals surface area contributed by atoms with Crippen LogP contribution in [0.4, 0.5) is 0 Å². The number of pyridine rings is 1. The van der Waals surface area contributed by atoms with Crippen molar-refractivity contribution in [3.8, 4) is 11.3 Å². The Kier molecular flexibility index (Phi) is 3.33. The van der Waals surface area contributed by atoms with Gasteiger partial charge in [0.05, 0.1) is 5.69 Å². The minimum atomic E-state index is 0.506. The van der Waals surface area contributed by atoms with Gasteiger partial charge < -0.3 is 0 Å². The molecule has 1 heteroatoms. The van der Waals surface area contributed by atoms with E-state index in [1.807, 2.05) is 6.20 Å². The van der Waals surface area contributed by atoms with Crippen molar-refractivity contribution in [1.29, 1.82) is 0 Å². The predicted molar refractivity (Wildman–Crippen MR) is 98.9 cm³/mol. The fraction of sp³-hybridized carbons (Fsp3) is 0.522. The monoisotopic (exact) mass is 317 g/mol. The van der Waals surface area contributed by atoms with Crippen molar-refractivity contribution in [3.63, 3.8) is 0 Å². The van der Waals surface area contributed by atoms with Gasteiger partial charge in [-0.2, -0.15) is 0 Å². The number of aryl methyl sites for hydroxylation is 1. The highest BCUT2D eigenvalue weighted by Crippen LogP contribution is 2.60. The SMILES string of the molecule is CCc1ccnc(-c2ccc(C34CC5CC(CC(C5)C3)C4)cc2)c1. The van der Waals surface area contributed by atoms with Gasteiger partial charge in [0.15, 0.2) is 0 Å². The Hall–Kier alpha value is -1.63. The summed E-state index contributed by atoms with van der Waals surface area (Å²) in [6, 6.07) is 13.8. The molecule has 0 unspecified atom stereocenters. The number of hydrogen-bond donors (Lipinski definition) is 0. The van der Waals surface area contributed by atoms with Crippen LogP contribution >= 0.6 is 0 Å². The predicted octanol–water partition coefficient (Wildman–Crippen LogP) is 5.78. The van der Waals surface area contributed by atoms with Crippen molar-refractivity contribution in [2.24, 2.45) is 17.8 Å². The Morgan fingerprint density at radius 2 is 1.54 bits per heavy atom. The van der Waals surface area contributed by atoms with Crippen LogP contribution in [-0.2, 0) is 11.8 Å². The van der Waals surface area contributed by atoms with E-state index in [2.05, 4.69) is 48.3 Å². The molecule has 1 aromatic carbocycles. The lowest BCUT2D eigenvalue weighted by Crippen LogP contribution is -2.48. The molecular weight excluding hydrogens is 290 g/mol. The molecule has 124 valence electrons. The van der Waals surface area contributed by atoms with Gasteiger partial charge >= 0.3 is 0 Å². The maximum Gasteiger partial charge on any atom is 0.0704 e. The smallest absolute Gasteiger partial charge is 0.0704 e. The van der Waals surface area contributed by atoms with Gasteiger partial charge in [0, 0.05) is 11.8 Å². The first-order valence-corrected chi connectivity index (χ1v) is 9.80. The zero-order valence-electron chi connectivity index (χ0n) is 14.7. The summed E-state index contributed by atoms with van der Waals surface area (Å²) in [5, 5.41) is 0. The Morgan fingerprint density at radius 1 is 0.917 bits per heavy atom. The Bertz CT molecular complexity index is 708. The highest BCUT2D eigenvalue weighted by molar-refractivity contribution is 5.60. The molecule has 1 nitrogen and oxygen atoms in total. The number of nitrogens with zero attached hydrogens (tertiary/aromatic N) is 1. The molecule has 0 amide bonds. The molecule has 1 aromatic heterocycles. The molecule has 2 aromatic rings. The molecule has 4 fully saturated rings. The molecule has 4 saturated carbocycles. The van der Waals surface area contributed by atoms with Crippen LogP contribution in [0.5, 0.6) is 0 Å². The summed E-state index contributed by atoms with van der Waals surface area (Å²) in [7, 11) is 0. The van der Waals surface area contributed by atoms with Gasteiger partial charge in [-0.25, -0.2) is 0 Å². The van der Waals surface area contributed by atoms with Gasteiger partial charge in [-0.05, 0) is 91.4 Å². The van der Waals surface area contributed by atoms with E-state index in [0.717, 1.165) is 29.9 Å². The molecular formula is C23H27N. The molecule has 0 saturated heterocycles.